The Balaban J connectivity index is 1.88. The number of urea groups is 1. The summed E-state index contributed by atoms with van der Waals surface area (Å²) in [7, 11) is 0. The summed E-state index contributed by atoms with van der Waals surface area (Å²) in [5, 5.41) is 5.27. The first-order valence-corrected chi connectivity index (χ1v) is 10.9. The average molecular weight is 427 g/mol. The van der Waals surface area contributed by atoms with E-state index in [1.54, 1.807) is 20.8 Å². The largest absolute Gasteiger partial charge is 0.367 e. The first-order chi connectivity index (χ1) is 14.6. The maximum atomic E-state index is 14.0. The number of fused-ring (bicyclic) bond motifs is 4. The molecule has 0 aromatic heterocycles. The summed E-state index contributed by atoms with van der Waals surface area (Å²) in [6.07, 6.45) is 3.82. The summed E-state index contributed by atoms with van der Waals surface area (Å²) in [5.41, 5.74) is 0.306. The van der Waals surface area contributed by atoms with Crippen LogP contribution >= 0.6 is 0 Å². The normalized spacial score (nSPS) is 26.2. The fraction of sp³-hybridized carbons (Fsp3) is 0.565. The van der Waals surface area contributed by atoms with Crippen molar-refractivity contribution in [2.45, 2.75) is 71.4 Å². The van der Waals surface area contributed by atoms with Crippen LogP contribution in [0.5, 0.6) is 0 Å². The van der Waals surface area contributed by atoms with Gasteiger partial charge in [0.05, 0.1) is 6.04 Å². The first-order valence-electron chi connectivity index (χ1n) is 10.9. The van der Waals surface area contributed by atoms with E-state index in [1.807, 2.05) is 18.2 Å². The lowest BCUT2D eigenvalue weighted by Crippen LogP contribution is -2.74. The number of amides is 5. The zero-order valence-corrected chi connectivity index (χ0v) is 18.6. The van der Waals surface area contributed by atoms with Gasteiger partial charge in [-0.1, -0.05) is 12.8 Å². The smallest absolute Gasteiger partial charge is 0.331 e. The van der Waals surface area contributed by atoms with Crippen molar-refractivity contribution in [3.8, 4) is 0 Å². The lowest BCUT2D eigenvalue weighted by atomic mass is 9.67. The van der Waals surface area contributed by atoms with Crippen LogP contribution < -0.4 is 15.5 Å². The molecule has 166 valence electrons. The van der Waals surface area contributed by atoms with Gasteiger partial charge in [0.2, 0.25) is 17.7 Å². The maximum Gasteiger partial charge on any atom is 0.331 e. The summed E-state index contributed by atoms with van der Waals surface area (Å²) in [5.74, 6) is -1.13. The molecule has 2 atom stereocenters. The van der Waals surface area contributed by atoms with Gasteiger partial charge in [0, 0.05) is 30.4 Å². The molecule has 0 bridgehead atoms. The minimum absolute atomic E-state index is 0.186. The van der Waals surface area contributed by atoms with E-state index < -0.39 is 28.8 Å². The molecule has 3 heterocycles. The van der Waals surface area contributed by atoms with Crippen LogP contribution in [0.15, 0.2) is 18.2 Å². The van der Waals surface area contributed by atoms with Gasteiger partial charge in [-0.15, -0.1) is 0 Å². The number of anilines is 2. The molecular weight excluding hydrogens is 396 g/mol. The number of hydrogen-bond donors (Lipinski definition) is 2. The lowest BCUT2D eigenvalue weighted by Gasteiger charge is -2.53. The van der Waals surface area contributed by atoms with Crippen molar-refractivity contribution in [2.75, 3.05) is 16.8 Å². The van der Waals surface area contributed by atoms with Crippen LogP contribution in [-0.2, 0) is 20.8 Å². The monoisotopic (exact) mass is 426 g/mol. The fourth-order valence-corrected chi connectivity index (χ4v) is 5.33. The third-order valence-electron chi connectivity index (χ3n) is 6.58. The van der Waals surface area contributed by atoms with Crippen LogP contribution in [0.3, 0.4) is 0 Å². The van der Waals surface area contributed by atoms with E-state index in [9.17, 15) is 19.2 Å². The molecule has 1 spiro atoms. The minimum Gasteiger partial charge on any atom is -0.367 e. The van der Waals surface area contributed by atoms with Gasteiger partial charge >= 0.3 is 6.03 Å². The Bertz CT molecular complexity index is 967. The minimum atomic E-state index is -1.38. The number of nitrogens with one attached hydrogen (secondary N) is 2. The molecule has 3 aliphatic rings. The van der Waals surface area contributed by atoms with Crippen LogP contribution in [0.4, 0.5) is 16.2 Å². The predicted molar refractivity (Wildman–Crippen MR) is 117 cm³/mol. The van der Waals surface area contributed by atoms with Gasteiger partial charge in [-0.05, 0) is 63.8 Å². The van der Waals surface area contributed by atoms with E-state index in [0.717, 1.165) is 37.1 Å². The van der Waals surface area contributed by atoms with Crippen LogP contribution in [0, 0.1) is 5.41 Å². The highest BCUT2D eigenvalue weighted by Gasteiger charge is 2.63. The molecule has 1 aromatic rings. The van der Waals surface area contributed by atoms with Crippen LogP contribution in [0.1, 0.15) is 58.9 Å². The number of rotatable bonds is 1. The molecule has 3 aliphatic heterocycles. The first kappa shape index (κ1) is 21.3. The van der Waals surface area contributed by atoms with Crippen molar-refractivity contribution in [1.29, 1.82) is 0 Å². The second-order valence-electron chi connectivity index (χ2n) is 9.80. The number of nitrogens with zero attached hydrogens (tertiary/aromatic N) is 2. The Hall–Kier alpha value is -2.90. The molecule has 8 nitrogen and oxygen atoms in total. The van der Waals surface area contributed by atoms with Gasteiger partial charge < -0.3 is 10.2 Å². The quantitative estimate of drug-likeness (QED) is 0.673. The molecule has 31 heavy (non-hydrogen) atoms. The number of carbonyl (C=O) groups excluding carboxylic acids is 4. The second-order valence-corrected chi connectivity index (χ2v) is 9.80. The Kier molecular flexibility index (Phi) is 5.06. The highest BCUT2D eigenvalue weighted by molar-refractivity contribution is 6.20. The van der Waals surface area contributed by atoms with Gasteiger partial charge in [-0.2, -0.15) is 0 Å². The van der Waals surface area contributed by atoms with Crippen molar-refractivity contribution < 1.29 is 19.2 Å². The van der Waals surface area contributed by atoms with Crippen LogP contribution in [0.2, 0.25) is 0 Å². The van der Waals surface area contributed by atoms with Gasteiger partial charge in [0.15, 0.2) is 5.41 Å². The molecule has 1 aromatic carbocycles. The van der Waals surface area contributed by atoms with Crippen molar-refractivity contribution >= 4 is 35.1 Å². The van der Waals surface area contributed by atoms with E-state index >= 15 is 0 Å². The molecule has 4 rings (SSSR count). The van der Waals surface area contributed by atoms with Gasteiger partial charge in [0.1, 0.15) is 0 Å². The topological polar surface area (TPSA) is 98.8 Å². The average Bonchev–Trinajstić information content (AvgIpc) is 2.90. The number of carbonyl (C=O) groups is 4. The fourth-order valence-electron chi connectivity index (χ4n) is 5.33. The Labute approximate surface area is 182 Å². The maximum absolute atomic E-state index is 14.0. The zero-order chi connectivity index (χ0) is 22.6. The summed E-state index contributed by atoms with van der Waals surface area (Å²) in [4.78, 5) is 55.0. The predicted octanol–water partition coefficient (Wildman–Crippen LogP) is 2.81. The van der Waals surface area contributed by atoms with Crippen LogP contribution in [0.25, 0.3) is 0 Å². The van der Waals surface area contributed by atoms with Crippen molar-refractivity contribution in [2.24, 2.45) is 5.41 Å². The van der Waals surface area contributed by atoms with Crippen molar-refractivity contribution in [3.05, 3.63) is 23.8 Å². The van der Waals surface area contributed by atoms with E-state index in [-0.39, 0.29) is 18.4 Å². The third-order valence-corrected chi connectivity index (χ3v) is 6.58. The number of hydrogen-bond acceptors (Lipinski definition) is 5. The van der Waals surface area contributed by atoms with E-state index in [4.69, 9.17) is 0 Å². The molecule has 0 saturated carbocycles. The van der Waals surface area contributed by atoms with E-state index in [0.29, 0.717) is 12.1 Å². The molecule has 2 fully saturated rings. The highest BCUT2D eigenvalue weighted by atomic mass is 16.2. The second kappa shape index (κ2) is 7.35. The van der Waals surface area contributed by atoms with Gasteiger partial charge in [-0.3, -0.25) is 24.6 Å². The number of benzene rings is 1. The lowest BCUT2D eigenvalue weighted by molar-refractivity contribution is -0.157. The zero-order valence-electron chi connectivity index (χ0n) is 18.6. The van der Waals surface area contributed by atoms with E-state index in [2.05, 4.69) is 15.5 Å². The number of barbiturate groups is 1. The molecule has 2 N–H and O–H groups in total. The number of imide groups is 2. The Morgan fingerprint density at radius 2 is 1.90 bits per heavy atom. The standard InChI is InChI=1S/C23H30N4O4/c1-14(28)24-16-9-10-17-15(12-16)13-23(18-8-6-5-7-11-26(17)18)19(29)25-21(31)27(20(23)30)22(2,3)4/h9-10,12,18H,5-8,11,13H2,1-4H3,(H,24,28)(H,25,29,31)/t18-,23-/m0/s1. The Morgan fingerprint density at radius 3 is 2.58 bits per heavy atom. The summed E-state index contributed by atoms with van der Waals surface area (Å²) in [6.45, 7) is 7.57. The van der Waals surface area contributed by atoms with Gasteiger partial charge in [-0.25, -0.2) is 4.79 Å². The molecule has 2 saturated heterocycles. The molecule has 8 heteroatoms. The third kappa shape index (κ3) is 3.38. The Morgan fingerprint density at radius 1 is 1.16 bits per heavy atom. The van der Waals surface area contributed by atoms with Crippen molar-refractivity contribution in [1.82, 2.24) is 10.2 Å². The summed E-state index contributed by atoms with van der Waals surface area (Å²) < 4.78 is 0. The van der Waals surface area contributed by atoms with E-state index in [1.165, 1.54) is 11.8 Å². The molecule has 5 amide bonds. The summed E-state index contributed by atoms with van der Waals surface area (Å²) >= 11 is 0. The SMILES string of the molecule is CC(=O)Nc1ccc2c(c1)C[C@@]1(C(=O)NC(=O)N(C(C)(C)C)C1=O)[C@@H]1CCCCCN21. The van der Waals surface area contributed by atoms with Gasteiger partial charge in [0.25, 0.3) is 0 Å². The molecule has 0 unspecified atom stereocenters. The molecule has 0 aliphatic carbocycles. The highest BCUT2D eigenvalue weighted by Crippen LogP contribution is 2.48. The molecular formula is C23H30N4O4. The van der Waals surface area contributed by atoms with Crippen LogP contribution in [-0.4, -0.2) is 46.8 Å². The van der Waals surface area contributed by atoms with Crippen molar-refractivity contribution in [3.63, 3.8) is 0 Å². The molecule has 0 radical (unpaired) electrons. The summed E-state index contributed by atoms with van der Waals surface area (Å²) in [6, 6.07) is 4.68.